The molecular weight excluding hydrogens is 266 g/mol. The molecule has 0 atom stereocenters. The van der Waals surface area contributed by atoms with Crippen LogP contribution in [0.15, 0.2) is 47.9 Å². The largest absolute Gasteiger partial charge is 0.293 e. The van der Waals surface area contributed by atoms with Crippen molar-refractivity contribution in [3.8, 4) is 0 Å². The Morgan fingerprint density at radius 3 is 2.58 bits per heavy atom. The van der Waals surface area contributed by atoms with Crippen molar-refractivity contribution in [1.82, 2.24) is 9.97 Å². The summed E-state index contributed by atoms with van der Waals surface area (Å²) in [5.74, 6) is 0.113. The van der Waals surface area contributed by atoms with E-state index in [1.807, 2.05) is 0 Å². The van der Waals surface area contributed by atoms with E-state index in [-0.39, 0.29) is 17.2 Å². The lowest BCUT2D eigenvalue weighted by Gasteiger charge is -2.00. The summed E-state index contributed by atoms with van der Waals surface area (Å²) < 4.78 is 0. The number of ketones is 1. The molecule has 0 saturated carbocycles. The second kappa shape index (κ2) is 6.05. The van der Waals surface area contributed by atoms with Gasteiger partial charge in [0.05, 0.1) is 16.9 Å². The highest BCUT2D eigenvalue weighted by atomic mass is 32.2. The first-order chi connectivity index (χ1) is 9.16. The van der Waals surface area contributed by atoms with Crippen molar-refractivity contribution in [1.29, 1.82) is 0 Å². The van der Waals surface area contributed by atoms with Crippen molar-refractivity contribution in [2.75, 3.05) is 5.75 Å². The number of non-ortho nitro benzene ring substituents is 1. The summed E-state index contributed by atoms with van der Waals surface area (Å²) in [6.07, 6.45) is 4.69. The number of benzene rings is 1. The number of Topliss-reactive ketones (excluding diaryl/α,β-unsaturated/α-hetero) is 1. The predicted octanol–water partition coefficient (Wildman–Crippen LogP) is 2.36. The monoisotopic (exact) mass is 275 g/mol. The zero-order valence-electron chi connectivity index (χ0n) is 9.72. The number of aromatic nitrogens is 2. The third-order valence-electron chi connectivity index (χ3n) is 2.29. The van der Waals surface area contributed by atoms with E-state index in [1.165, 1.54) is 36.0 Å². The van der Waals surface area contributed by atoms with Gasteiger partial charge in [-0.15, -0.1) is 0 Å². The molecule has 0 radical (unpaired) electrons. The second-order valence-corrected chi connectivity index (χ2v) is 4.56. The average molecular weight is 275 g/mol. The molecule has 2 aromatic rings. The number of nitro benzene ring substituents is 1. The molecule has 0 aliphatic rings. The smallest absolute Gasteiger partial charge is 0.269 e. The predicted molar refractivity (Wildman–Crippen MR) is 70.2 cm³/mol. The van der Waals surface area contributed by atoms with Gasteiger partial charge in [-0.3, -0.25) is 19.9 Å². The van der Waals surface area contributed by atoms with Crippen LogP contribution >= 0.6 is 11.8 Å². The van der Waals surface area contributed by atoms with Crippen molar-refractivity contribution < 1.29 is 9.72 Å². The van der Waals surface area contributed by atoms with E-state index < -0.39 is 4.92 Å². The molecule has 0 spiro atoms. The average Bonchev–Trinajstić information content (AvgIpc) is 2.46. The fourth-order valence-corrected chi connectivity index (χ4v) is 2.07. The van der Waals surface area contributed by atoms with E-state index in [2.05, 4.69) is 9.97 Å². The zero-order valence-corrected chi connectivity index (χ0v) is 10.5. The van der Waals surface area contributed by atoms with Crippen LogP contribution in [0.1, 0.15) is 10.4 Å². The third kappa shape index (κ3) is 3.59. The topological polar surface area (TPSA) is 86.0 Å². The highest BCUT2D eigenvalue weighted by Gasteiger charge is 2.10. The third-order valence-corrected chi connectivity index (χ3v) is 3.20. The molecule has 7 heteroatoms. The molecule has 0 bridgehead atoms. The number of hydrogen-bond acceptors (Lipinski definition) is 6. The Bertz CT molecular complexity index is 587. The lowest BCUT2D eigenvalue weighted by atomic mass is 10.1. The van der Waals surface area contributed by atoms with Gasteiger partial charge < -0.3 is 0 Å². The van der Waals surface area contributed by atoms with Gasteiger partial charge in [-0.2, -0.15) is 0 Å². The summed E-state index contributed by atoms with van der Waals surface area (Å²) >= 11 is 1.28. The maximum absolute atomic E-state index is 11.9. The van der Waals surface area contributed by atoms with Crippen LogP contribution < -0.4 is 0 Å². The summed E-state index contributed by atoms with van der Waals surface area (Å²) in [6.45, 7) is 0. The molecule has 2 rings (SSSR count). The fourth-order valence-electron chi connectivity index (χ4n) is 1.35. The number of thioether (sulfide) groups is 1. The minimum atomic E-state index is -0.497. The molecule has 6 nitrogen and oxygen atoms in total. The van der Waals surface area contributed by atoms with Gasteiger partial charge in [0.25, 0.3) is 5.69 Å². The van der Waals surface area contributed by atoms with Crippen LogP contribution in [0.2, 0.25) is 0 Å². The van der Waals surface area contributed by atoms with Crippen LogP contribution in [0, 0.1) is 10.1 Å². The quantitative estimate of drug-likeness (QED) is 0.360. The lowest BCUT2D eigenvalue weighted by Crippen LogP contribution is -2.02. The molecule has 1 heterocycles. The summed E-state index contributed by atoms with van der Waals surface area (Å²) in [7, 11) is 0. The van der Waals surface area contributed by atoms with Crippen molar-refractivity contribution in [3.63, 3.8) is 0 Å². The van der Waals surface area contributed by atoms with E-state index in [0.29, 0.717) is 10.6 Å². The van der Waals surface area contributed by atoms with E-state index in [0.717, 1.165) is 0 Å². The van der Waals surface area contributed by atoms with Crippen molar-refractivity contribution in [3.05, 3.63) is 58.5 Å². The lowest BCUT2D eigenvalue weighted by molar-refractivity contribution is -0.384. The van der Waals surface area contributed by atoms with Gasteiger partial charge in [-0.05, 0) is 12.1 Å². The number of nitrogens with zero attached hydrogens (tertiary/aromatic N) is 3. The Morgan fingerprint density at radius 1 is 1.26 bits per heavy atom. The molecule has 0 unspecified atom stereocenters. The maximum atomic E-state index is 11.9. The molecule has 0 amide bonds. The summed E-state index contributed by atoms with van der Waals surface area (Å²) in [6, 6.07) is 5.55. The molecular formula is C12H9N3O3S. The first kappa shape index (κ1) is 13.2. The van der Waals surface area contributed by atoms with Crippen molar-refractivity contribution >= 4 is 23.2 Å². The van der Waals surface area contributed by atoms with E-state index in [1.54, 1.807) is 18.6 Å². The zero-order chi connectivity index (χ0) is 13.7. The second-order valence-electron chi connectivity index (χ2n) is 3.56. The van der Waals surface area contributed by atoms with Crippen molar-refractivity contribution in [2.45, 2.75) is 5.03 Å². The molecule has 0 saturated heterocycles. The fraction of sp³-hybridized carbons (Fsp3) is 0.0833. The Hall–Kier alpha value is -2.28. The highest BCUT2D eigenvalue weighted by molar-refractivity contribution is 7.99. The van der Waals surface area contributed by atoms with Crippen LogP contribution in [0.4, 0.5) is 5.69 Å². The van der Waals surface area contributed by atoms with E-state index in [9.17, 15) is 14.9 Å². The molecule has 1 aromatic carbocycles. The standard InChI is InChI=1S/C12H9N3O3S/c16-11(8-19-12-7-13-5-6-14-12)9-1-3-10(4-2-9)15(17)18/h1-7H,8H2. The SMILES string of the molecule is O=C(CSc1cnccn1)c1ccc([N+](=O)[O-])cc1. The number of rotatable bonds is 5. The molecule has 0 N–H and O–H groups in total. The molecule has 1 aromatic heterocycles. The minimum Gasteiger partial charge on any atom is -0.293 e. The Morgan fingerprint density at radius 2 is 2.00 bits per heavy atom. The van der Waals surface area contributed by atoms with Crippen LogP contribution in [-0.4, -0.2) is 26.4 Å². The molecule has 0 fully saturated rings. The molecule has 19 heavy (non-hydrogen) atoms. The van der Waals surface area contributed by atoms with E-state index in [4.69, 9.17) is 0 Å². The van der Waals surface area contributed by atoms with Crippen LogP contribution in [0.3, 0.4) is 0 Å². The normalized spacial score (nSPS) is 10.1. The summed E-state index contributed by atoms with van der Waals surface area (Å²) in [4.78, 5) is 29.8. The van der Waals surface area contributed by atoms with Crippen LogP contribution in [0.25, 0.3) is 0 Å². The van der Waals surface area contributed by atoms with Crippen molar-refractivity contribution in [2.24, 2.45) is 0 Å². The maximum Gasteiger partial charge on any atom is 0.269 e. The number of hydrogen-bond donors (Lipinski definition) is 0. The Balaban J connectivity index is 1.98. The van der Waals surface area contributed by atoms with Crippen LogP contribution in [-0.2, 0) is 0 Å². The molecule has 96 valence electrons. The van der Waals surface area contributed by atoms with Gasteiger partial charge in [0.2, 0.25) is 0 Å². The highest BCUT2D eigenvalue weighted by Crippen LogP contribution is 2.17. The van der Waals surface area contributed by atoms with Crippen LogP contribution in [0.5, 0.6) is 0 Å². The Kier molecular flexibility index (Phi) is 4.19. The number of carbonyl (C=O) groups is 1. The van der Waals surface area contributed by atoms with Gasteiger partial charge in [-0.1, -0.05) is 11.8 Å². The van der Waals surface area contributed by atoms with E-state index >= 15 is 0 Å². The summed E-state index contributed by atoms with van der Waals surface area (Å²) in [5.41, 5.74) is 0.417. The number of nitro groups is 1. The summed E-state index contributed by atoms with van der Waals surface area (Å²) in [5, 5.41) is 11.2. The van der Waals surface area contributed by atoms with Gasteiger partial charge in [-0.25, -0.2) is 4.98 Å². The van der Waals surface area contributed by atoms with Gasteiger partial charge in [0.1, 0.15) is 5.03 Å². The molecule has 0 aliphatic carbocycles. The first-order valence-corrected chi connectivity index (χ1v) is 6.32. The Labute approximate surface area is 113 Å². The van der Waals surface area contributed by atoms with Gasteiger partial charge in [0, 0.05) is 30.1 Å². The van der Waals surface area contributed by atoms with Gasteiger partial charge in [0.15, 0.2) is 5.78 Å². The first-order valence-electron chi connectivity index (χ1n) is 5.33. The van der Waals surface area contributed by atoms with Gasteiger partial charge >= 0.3 is 0 Å². The molecule has 0 aliphatic heterocycles. The minimum absolute atomic E-state index is 0.0295. The number of carbonyl (C=O) groups excluding carboxylic acids is 1.